The Morgan fingerprint density at radius 3 is 2.95 bits per heavy atom. The summed E-state index contributed by atoms with van der Waals surface area (Å²) in [5, 5.41) is 0. The molecule has 0 N–H and O–H groups in total. The van der Waals surface area contributed by atoms with Crippen molar-refractivity contribution in [2.45, 2.75) is 38.5 Å². The number of rotatable bonds is 4. The summed E-state index contributed by atoms with van der Waals surface area (Å²) in [7, 11) is 0. The van der Waals surface area contributed by atoms with Crippen LogP contribution in [-0.2, 0) is 9.53 Å². The third-order valence-corrected chi connectivity index (χ3v) is 4.47. The number of allylic oxidation sites excluding steroid dienone is 2. The fourth-order valence-electron chi connectivity index (χ4n) is 3.25. The van der Waals surface area contributed by atoms with Gasteiger partial charge in [0.05, 0.1) is 12.5 Å². The molecule has 5 nitrogen and oxygen atoms in total. The van der Waals surface area contributed by atoms with Gasteiger partial charge in [0.15, 0.2) is 0 Å². The summed E-state index contributed by atoms with van der Waals surface area (Å²) in [4.78, 5) is 23.0. The summed E-state index contributed by atoms with van der Waals surface area (Å²) in [5.74, 6) is 1.29. The molecule has 1 saturated heterocycles. The molecule has 1 fully saturated rings. The van der Waals surface area contributed by atoms with Gasteiger partial charge in [0.25, 0.3) is 0 Å². The maximum atomic E-state index is 12.0. The van der Waals surface area contributed by atoms with Crippen molar-refractivity contribution in [1.29, 1.82) is 0 Å². The van der Waals surface area contributed by atoms with Crippen LogP contribution >= 0.6 is 0 Å². The van der Waals surface area contributed by atoms with Crippen LogP contribution in [0, 0.1) is 5.92 Å². The number of carbonyl (C=O) groups is 1. The first kappa shape index (κ1) is 15.0. The monoisotopic (exact) mass is 301 g/mol. The second kappa shape index (κ2) is 6.90. The third-order valence-electron chi connectivity index (χ3n) is 4.47. The van der Waals surface area contributed by atoms with Crippen LogP contribution in [0.25, 0.3) is 0 Å². The predicted octanol–water partition coefficient (Wildman–Crippen LogP) is 2.69. The first-order valence-electron chi connectivity index (χ1n) is 8.16. The van der Waals surface area contributed by atoms with Crippen LogP contribution in [0.5, 0.6) is 0 Å². The maximum Gasteiger partial charge on any atom is 0.310 e. The summed E-state index contributed by atoms with van der Waals surface area (Å²) in [5.41, 5.74) is 1.10. The fraction of sp³-hybridized carbons (Fsp3) is 0.588. The highest BCUT2D eigenvalue weighted by Crippen LogP contribution is 2.30. The van der Waals surface area contributed by atoms with Crippen LogP contribution < -0.4 is 4.90 Å². The Hall–Kier alpha value is -1.91. The minimum absolute atomic E-state index is 0.0414. The van der Waals surface area contributed by atoms with Gasteiger partial charge in [0, 0.05) is 30.8 Å². The van der Waals surface area contributed by atoms with Crippen LogP contribution in [0.3, 0.4) is 0 Å². The molecule has 5 heteroatoms. The lowest BCUT2D eigenvalue weighted by Gasteiger charge is -2.32. The number of carbonyl (C=O) groups excluding carboxylic acids is 1. The molecule has 1 aliphatic heterocycles. The molecule has 1 aliphatic carbocycles. The lowest BCUT2D eigenvalue weighted by atomic mass is 9.98. The Bertz CT molecular complexity index is 551. The molecule has 2 heterocycles. The van der Waals surface area contributed by atoms with E-state index in [2.05, 4.69) is 33.1 Å². The van der Waals surface area contributed by atoms with Crippen LogP contribution in [0.15, 0.2) is 24.5 Å². The molecule has 0 aromatic carbocycles. The number of hydrogen-bond donors (Lipinski definition) is 0. The fourth-order valence-corrected chi connectivity index (χ4v) is 3.25. The zero-order chi connectivity index (χ0) is 15.4. The van der Waals surface area contributed by atoms with E-state index in [1.807, 2.05) is 6.92 Å². The molecule has 0 saturated carbocycles. The van der Waals surface area contributed by atoms with E-state index in [4.69, 9.17) is 4.74 Å². The SMILES string of the molecule is CCOC(=O)C1CCCN(c2cc(C3CC=CC3)ncn2)C1. The standard InChI is InChI=1S/C17H23N3O2/c1-2-22-17(21)14-8-5-9-20(11-14)16-10-15(18-12-19-16)13-6-3-4-7-13/h3-4,10,12-14H,2,5-9,11H2,1H3. The number of ether oxygens (including phenoxy) is 1. The maximum absolute atomic E-state index is 12.0. The van der Waals surface area contributed by atoms with Crippen LogP contribution in [0.2, 0.25) is 0 Å². The van der Waals surface area contributed by atoms with Gasteiger partial charge in [-0.15, -0.1) is 0 Å². The predicted molar refractivity (Wildman–Crippen MR) is 84.7 cm³/mol. The quantitative estimate of drug-likeness (QED) is 0.632. The lowest BCUT2D eigenvalue weighted by molar-refractivity contribution is -0.148. The zero-order valence-corrected chi connectivity index (χ0v) is 13.1. The van der Waals surface area contributed by atoms with Crippen molar-refractivity contribution in [3.05, 3.63) is 30.2 Å². The van der Waals surface area contributed by atoms with E-state index < -0.39 is 0 Å². The molecule has 0 radical (unpaired) electrons. The van der Waals surface area contributed by atoms with Crippen LogP contribution in [0.1, 0.15) is 44.2 Å². The van der Waals surface area contributed by atoms with Crippen molar-refractivity contribution in [2.24, 2.45) is 5.92 Å². The molecule has 118 valence electrons. The second-order valence-corrected chi connectivity index (χ2v) is 5.98. The lowest BCUT2D eigenvalue weighted by Crippen LogP contribution is -2.40. The first-order chi connectivity index (χ1) is 10.8. The number of piperidine rings is 1. The van der Waals surface area contributed by atoms with Crippen molar-refractivity contribution in [1.82, 2.24) is 9.97 Å². The minimum Gasteiger partial charge on any atom is -0.466 e. The Morgan fingerprint density at radius 1 is 1.36 bits per heavy atom. The normalized spacial score (nSPS) is 22.0. The molecule has 1 aromatic rings. The van der Waals surface area contributed by atoms with Gasteiger partial charge in [0.2, 0.25) is 0 Å². The van der Waals surface area contributed by atoms with Crippen molar-refractivity contribution < 1.29 is 9.53 Å². The minimum atomic E-state index is -0.0820. The van der Waals surface area contributed by atoms with Gasteiger partial charge in [0.1, 0.15) is 12.1 Å². The van der Waals surface area contributed by atoms with Gasteiger partial charge in [-0.2, -0.15) is 0 Å². The number of aromatic nitrogens is 2. The Morgan fingerprint density at radius 2 is 2.18 bits per heavy atom. The van der Waals surface area contributed by atoms with E-state index in [-0.39, 0.29) is 11.9 Å². The Labute approximate surface area is 131 Å². The van der Waals surface area contributed by atoms with E-state index in [9.17, 15) is 4.79 Å². The molecule has 3 rings (SSSR count). The third kappa shape index (κ3) is 3.29. The van der Waals surface area contributed by atoms with Gasteiger partial charge in [-0.3, -0.25) is 4.79 Å². The second-order valence-electron chi connectivity index (χ2n) is 5.98. The summed E-state index contributed by atoms with van der Waals surface area (Å²) in [6, 6.07) is 2.09. The molecular formula is C17H23N3O2. The van der Waals surface area contributed by atoms with Gasteiger partial charge < -0.3 is 9.64 Å². The van der Waals surface area contributed by atoms with E-state index >= 15 is 0 Å². The van der Waals surface area contributed by atoms with Crippen molar-refractivity contribution >= 4 is 11.8 Å². The first-order valence-corrected chi connectivity index (χ1v) is 8.16. The van der Waals surface area contributed by atoms with Gasteiger partial charge in [-0.05, 0) is 32.6 Å². The summed E-state index contributed by atoms with van der Waals surface area (Å²) < 4.78 is 5.16. The molecule has 0 spiro atoms. The van der Waals surface area contributed by atoms with E-state index in [1.54, 1.807) is 6.33 Å². The number of anilines is 1. The van der Waals surface area contributed by atoms with Gasteiger partial charge >= 0.3 is 5.97 Å². The summed E-state index contributed by atoms with van der Waals surface area (Å²) in [6.07, 6.45) is 10.1. The van der Waals surface area contributed by atoms with Gasteiger partial charge in [-0.1, -0.05) is 12.2 Å². The van der Waals surface area contributed by atoms with E-state index in [1.165, 1.54) is 0 Å². The number of nitrogens with zero attached hydrogens (tertiary/aromatic N) is 3. The molecule has 1 unspecified atom stereocenters. The summed E-state index contributed by atoms with van der Waals surface area (Å²) >= 11 is 0. The molecule has 1 atom stereocenters. The highest BCUT2D eigenvalue weighted by atomic mass is 16.5. The van der Waals surface area contributed by atoms with E-state index in [0.29, 0.717) is 19.1 Å². The highest BCUT2D eigenvalue weighted by molar-refractivity contribution is 5.73. The van der Waals surface area contributed by atoms with E-state index in [0.717, 1.165) is 43.7 Å². The largest absolute Gasteiger partial charge is 0.466 e. The zero-order valence-electron chi connectivity index (χ0n) is 13.1. The highest BCUT2D eigenvalue weighted by Gasteiger charge is 2.28. The molecule has 0 bridgehead atoms. The molecule has 1 aromatic heterocycles. The Balaban J connectivity index is 1.70. The molecule has 0 amide bonds. The van der Waals surface area contributed by atoms with Crippen LogP contribution in [0.4, 0.5) is 5.82 Å². The molecule has 22 heavy (non-hydrogen) atoms. The molecular weight excluding hydrogens is 278 g/mol. The average molecular weight is 301 g/mol. The van der Waals surface area contributed by atoms with Crippen molar-refractivity contribution in [3.63, 3.8) is 0 Å². The Kier molecular flexibility index (Phi) is 4.71. The van der Waals surface area contributed by atoms with Crippen LogP contribution in [-0.4, -0.2) is 35.6 Å². The summed E-state index contributed by atoms with van der Waals surface area (Å²) in [6.45, 7) is 3.93. The smallest absolute Gasteiger partial charge is 0.310 e. The van der Waals surface area contributed by atoms with Crippen molar-refractivity contribution in [3.8, 4) is 0 Å². The number of esters is 1. The number of hydrogen-bond acceptors (Lipinski definition) is 5. The molecule has 2 aliphatic rings. The average Bonchev–Trinajstić information content (AvgIpc) is 3.10. The topological polar surface area (TPSA) is 55.3 Å². The van der Waals surface area contributed by atoms with Crippen molar-refractivity contribution in [2.75, 3.05) is 24.6 Å². The van der Waals surface area contributed by atoms with Gasteiger partial charge in [-0.25, -0.2) is 9.97 Å².